The second-order valence-electron chi connectivity index (χ2n) is 4.84. The second kappa shape index (κ2) is 6.88. The molecule has 0 aliphatic carbocycles. The summed E-state index contributed by atoms with van der Waals surface area (Å²) in [4.78, 5) is 20.2. The highest BCUT2D eigenvalue weighted by molar-refractivity contribution is 5.85. The van der Waals surface area contributed by atoms with Crippen LogP contribution in [0, 0.1) is 0 Å². The summed E-state index contributed by atoms with van der Waals surface area (Å²) < 4.78 is 2.03. The number of hydrogen-bond acceptors (Lipinski definition) is 4. The molecular formula is C12H22ClN5O. The lowest BCUT2D eigenvalue weighted by atomic mass is 10.2. The van der Waals surface area contributed by atoms with Crippen LogP contribution in [0.3, 0.4) is 0 Å². The minimum absolute atomic E-state index is 0. The Bertz CT molecular complexity index is 412. The van der Waals surface area contributed by atoms with Crippen LogP contribution in [-0.4, -0.2) is 57.5 Å². The molecule has 108 valence electrons. The number of halogens is 1. The summed E-state index contributed by atoms with van der Waals surface area (Å²) in [5, 5.41) is 0. The fourth-order valence-electron chi connectivity index (χ4n) is 2.16. The summed E-state index contributed by atoms with van der Waals surface area (Å²) in [6.45, 7) is 5.85. The van der Waals surface area contributed by atoms with E-state index in [2.05, 4.69) is 9.88 Å². The van der Waals surface area contributed by atoms with E-state index in [1.807, 2.05) is 28.9 Å². The first-order valence-corrected chi connectivity index (χ1v) is 6.31. The molecule has 0 unspecified atom stereocenters. The van der Waals surface area contributed by atoms with Gasteiger partial charge >= 0.3 is 0 Å². The summed E-state index contributed by atoms with van der Waals surface area (Å²) in [5.41, 5.74) is 5.61. The maximum atomic E-state index is 11.7. The first-order valence-electron chi connectivity index (χ1n) is 6.31. The number of amides is 1. The Hall–Kier alpha value is -1.11. The van der Waals surface area contributed by atoms with Crippen LogP contribution in [0.25, 0.3) is 0 Å². The van der Waals surface area contributed by atoms with Crippen LogP contribution in [0.4, 0.5) is 0 Å². The zero-order chi connectivity index (χ0) is 13.1. The van der Waals surface area contributed by atoms with E-state index in [1.165, 1.54) is 0 Å². The smallest absolute Gasteiger partial charge is 0.239 e. The molecular weight excluding hydrogens is 266 g/mol. The lowest BCUT2D eigenvalue weighted by Crippen LogP contribution is -2.52. The van der Waals surface area contributed by atoms with Gasteiger partial charge in [0, 0.05) is 45.6 Å². The van der Waals surface area contributed by atoms with Gasteiger partial charge in [-0.15, -0.1) is 12.4 Å². The third kappa shape index (κ3) is 3.92. The Labute approximate surface area is 120 Å². The highest BCUT2D eigenvalue weighted by Crippen LogP contribution is 2.07. The number of piperazine rings is 1. The van der Waals surface area contributed by atoms with E-state index in [-0.39, 0.29) is 18.3 Å². The average molecular weight is 288 g/mol. The van der Waals surface area contributed by atoms with E-state index in [1.54, 1.807) is 6.92 Å². The lowest BCUT2D eigenvalue weighted by Gasteiger charge is -2.35. The molecule has 1 aromatic rings. The van der Waals surface area contributed by atoms with Crippen molar-refractivity contribution in [3.05, 3.63) is 18.2 Å². The summed E-state index contributed by atoms with van der Waals surface area (Å²) >= 11 is 0. The maximum Gasteiger partial charge on any atom is 0.239 e. The van der Waals surface area contributed by atoms with Crippen molar-refractivity contribution < 1.29 is 4.79 Å². The molecule has 6 nitrogen and oxygen atoms in total. The maximum absolute atomic E-state index is 11.7. The largest absolute Gasteiger partial charge is 0.339 e. The Morgan fingerprint density at radius 1 is 1.42 bits per heavy atom. The molecule has 2 rings (SSSR count). The number of rotatable bonds is 3. The molecule has 1 fully saturated rings. The van der Waals surface area contributed by atoms with Crippen molar-refractivity contribution in [2.45, 2.75) is 19.5 Å². The minimum Gasteiger partial charge on any atom is -0.339 e. The van der Waals surface area contributed by atoms with Crippen LogP contribution in [0.1, 0.15) is 12.7 Å². The summed E-state index contributed by atoms with van der Waals surface area (Å²) in [7, 11) is 2.00. The van der Waals surface area contributed by atoms with Crippen LogP contribution in [0.5, 0.6) is 0 Å². The Morgan fingerprint density at radius 3 is 2.53 bits per heavy atom. The number of carbonyl (C=O) groups excluding carboxylic acids is 1. The van der Waals surface area contributed by atoms with Crippen LogP contribution < -0.4 is 5.73 Å². The molecule has 0 saturated carbocycles. The fraction of sp³-hybridized carbons (Fsp3) is 0.667. The van der Waals surface area contributed by atoms with Crippen LogP contribution >= 0.6 is 12.4 Å². The van der Waals surface area contributed by atoms with Gasteiger partial charge < -0.3 is 15.2 Å². The van der Waals surface area contributed by atoms with E-state index in [0.717, 1.165) is 38.5 Å². The lowest BCUT2D eigenvalue weighted by molar-refractivity contribution is -0.134. The molecule has 19 heavy (non-hydrogen) atoms. The van der Waals surface area contributed by atoms with Gasteiger partial charge in [0.2, 0.25) is 5.91 Å². The number of carbonyl (C=O) groups is 1. The monoisotopic (exact) mass is 287 g/mol. The van der Waals surface area contributed by atoms with Gasteiger partial charge in [-0.3, -0.25) is 9.69 Å². The third-order valence-electron chi connectivity index (χ3n) is 3.36. The van der Waals surface area contributed by atoms with Gasteiger partial charge in [0.05, 0.1) is 12.6 Å². The van der Waals surface area contributed by atoms with Crippen molar-refractivity contribution in [2.75, 3.05) is 26.2 Å². The van der Waals surface area contributed by atoms with Gasteiger partial charge in [0.25, 0.3) is 0 Å². The fourth-order valence-corrected chi connectivity index (χ4v) is 2.16. The first kappa shape index (κ1) is 15.9. The van der Waals surface area contributed by atoms with Crippen molar-refractivity contribution in [1.82, 2.24) is 19.4 Å². The van der Waals surface area contributed by atoms with E-state index >= 15 is 0 Å². The van der Waals surface area contributed by atoms with Gasteiger partial charge in [-0.25, -0.2) is 4.98 Å². The Morgan fingerprint density at radius 2 is 2.05 bits per heavy atom. The molecule has 7 heteroatoms. The number of aryl methyl sites for hydroxylation is 1. The summed E-state index contributed by atoms with van der Waals surface area (Å²) in [6.07, 6.45) is 3.76. The Kier molecular flexibility index (Phi) is 5.78. The van der Waals surface area contributed by atoms with Crippen molar-refractivity contribution in [1.29, 1.82) is 0 Å². The predicted molar refractivity (Wildman–Crippen MR) is 76.0 cm³/mol. The van der Waals surface area contributed by atoms with E-state index < -0.39 is 6.04 Å². The SMILES string of the molecule is C[C@@H](N)C(=O)N1CCN(Cc2nccn2C)CC1.Cl. The molecule has 1 atom stereocenters. The summed E-state index contributed by atoms with van der Waals surface area (Å²) in [5.74, 6) is 1.11. The average Bonchev–Trinajstić information content (AvgIpc) is 2.75. The molecule has 0 radical (unpaired) electrons. The molecule has 0 bridgehead atoms. The van der Waals surface area contributed by atoms with E-state index in [0.29, 0.717) is 0 Å². The molecule has 1 aromatic heterocycles. The van der Waals surface area contributed by atoms with Gasteiger partial charge in [-0.2, -0.15) is 0 Å². The summed E-state index contributed by atoms with van der Waals surface area (Å²) in [6, 6.07) is -0.397. The van der Waals surface area contributed by atoms with Gasteiger partial charge in [0.15, 0.2) is 0 Å². The molecule has 1 aliphatic rings. The highest BCUT2D eigenvalue weighted by atomic mass is 35.5. The molecule has 2 heterocycles. The first-order chi connectivity index (χ1) is 8.58. The molecule has 1 aliphatic heterocycles. The van der Waals surface area contributed by atoms with Crippen LogP contribution in [0.2, 0.25) is 0 Å². The topological polar surface area (TPSA) is 67.4 Å². The highest BCUT2D eigenvalue weighted by Gasteiger charge is 2.23. The predicted octanol–water partition coefficient (Wildman–Crippen LogP) is -0.167. The number of imidazole rings is 1. The number of hydrogen-bond donors (Lipinski definition) is 1. The third-order valence-corrected chi connectivity index (χ3v) is 3.36. The Balaban J connectivity index is 0.00000180. The van der Waals surface area contributed by atoms with Gasteiger partial charge in [-0.1, -0.05) is 0 Å². The molecule has 1 saturated heterocycles. The van der Waals surface area contributed by atoms with Crippen molar-refractivity contribution in [3.8, 4) is 0 Å². The van der Waals surface area contributed by atoms with Crippen molar-refractivity contribution in [3.63, 3.8) is 0 Å². The quantitative estimate of drug-likeness (QED) is 0.838. The molecule has 1 amide bonds. The molecule has 0 aromatic carbocycles. The van der Waals surface area contributed by atoms with E-state index in [9.17, 15) is 4.79 Å². The number of nitrogens with zero attached hydrogens (tertiary/aromatic N) is 4. The van der Waals surface area contributed by atoms with Crippen molar-refractivity contribution >= 4 is 18.3 Å². The number of aromatic nitrogens is 2. The second-order valence-corrected chi connectivity index (χ2v) is 4.84. The standard InChI is InChI=1S/C12H21N5O.ClH/c1-10(13)12(18)17-7-5-16(6-8-17)9-11-14-3-4-15(11)2;/h3-4,10H,5-9,13H2,1-2H3;1H/t10-;/m1./s1. The van der Waals surface area contributed by atoms with Crippen molar-refractivity contribution in [2.24, 2.45) is 12.8 Å². The number of nitrogens with two attached hydrogens (primary N) is 1. The zero-order valence-corrected chi connectivity index (χ0v) is 12.3. The van der Waals surface area contributed by atoms with Crippen LogP contribution in [-0.2, 0) is 18.4 Å². The normalized spacial score (nSPS) is 17.9. The molecule has 2 N–H and O–H groups in total. The molecule has 0 spiro atoms. The minimum atomic E-state index is -0.397. The van der Waals surface area contributed by atoms with E-state index in [4.69, 9.17) is 5.73 Å². The zero-order valence-electron chi connectivity index (χ0n) is 11.5. The van der Waals surface area contributed by atoms with Gasteiger partial charge in [0.1, 0.15) is 5.82 Å². The van der Waals surface area contributed by atoms with Crippen LogP contribution in [0.15, 0.2) is 12.4 Å². The van der Waals surface area contributed by atoms with Gasteiger partial charge in [-0.05, 0) is 6.92 Å².